The summed E-state index contributed by atoms with van der Waals surface area (Å²) in [5.41, 5.74) is 3.27. The molecule has 2 aromatic rings. The van der Waals surface area contributed by atoms with Crippen molar-refractivity contribution in [3.63, 3.8) is 0 Å². The first-order chi connectivity index (χ1) is 10.1. The second-order valence-corrected chi connectivity index (χ2v) is 4.80. The van der Waals surface area contributed by atoms with E-state index in [-0.39, 0.29) is 5.56 Å². The molecule has 0 aliphatic heterocycles. The zero-order chi connectivity index (χ0) is 15.0. The van der Waals surface area contributed by atoms with Crippen LogP contribution in [0, 0.1) is 0 Å². The van der Waals surface area contributed by atoms with Crippen LogP contribution < -0.4 is 4.74 Å². The third kappa shape index (κ3) is 2.10. The van der Waals surface area contributed by atoms with Gasteiger partial charge in [0.2, 0.25) is 0 Å². The number of rotatable bonds is 3. The maximum atomic E-state index is 11.3. The molecule has 4 heteroatoms. The van der Waals surface area contributed by atoms with Gasteiger partial charge in [-0.1, -0.05) is 36.4 Å². The van der Waals surface area contributed by atoms with Crippen molar-refractivity contribution in [2.45, 2.75) is 6.10 Å². The SMILES string of the molecule is COc1c(C(=O)O)cccc1C1=CC(O)c2ccccc21. The second-order valence-electron chi connectivity index (χ2n) is 4.80. The average molecular weight is 282 g/mol. The van der Waals surface area contributed by atoms with Crippen molar-refractivity contribution in [3.8, 4) is 5.75 Å². The number of benzene rings is 2. The summed E-state index contributed by atoms with van der Waals surface area (Å²) in [5, 5.41) is 19.4. The number of aromatic carboxylic acids is 1. The van der Waals surface area contributed by atoms with Gasteiger partial charge in [0.05, 0.1) is 13.2 Å². The van der Waals surface area contributed by atoms with E-state index < -0.39 is 12.1 Å². The predicted molar refractivity (Wildman–Crippen MR) is 78.4 cm³/mol. The maximum absolute atomic E-state index is 11.3. The van der Waals surface area contributed by atoms with Crippen LogP contribution in [0.25, 0.3) is 5.57 Å². The van der Waals surface area contributed by atoms with Gasteiger partial charge in [0.25, 0.3) is 0 Å². The highest BCUT2D eigenvalue weighted by atomic mass is 16.5. The molecule has 1 aliphatic carbocycles. The molecular weight excluding hydrogens is 268 g/mol. The molecule has 21 heavy (non-hydrogen) atoms. The van der Waals surface area contributed by atoms with Crippen LogP contribution in [0.2, 0.25) is 0 Å². The molecule has 0 saturated carbocycles. The van der Waals surface area contributed by atoms with Crippen LogP contribution in [0.3, 0.4) is 0 Å². The van der Waals surface area contributed by atoms with Gasteiger partial charge < -0.3 is 14.9 Å². The molecule has 0 fully saturated rings. The number of methoxy groups -OCH3 is 1. The number of aliphatic hydroxyl groups is 1. The monoisotopic (exact) mass is 282 g/mol. The zero-order valence-corrected chi connectivity index (χ0v) is 11.4. The topological polar surface area (TPSA) is 66.8 Å². The Morgan fingerprint density at radius 3 is 2.52 bits per heavy atom. The largest absolute Gasteiger partial charge is 0.495 e. The summed E-state index contributed by atoms with van der Waals surface area (Å²) >= 11 is 0. The van der Waals surface area contributed by atoms with Crippen LogP contribution in [-0.4, -0.2) is 23.3 Å². The Kier molecular flexibility index (Phi) is 3.23. The summed E-state index contributed by atoms with van der Waals surface area (Å²) in [5.74, 6) is -0.735. The molecule has 1 aliphatic rings. The van der Waals surface area contributed by atoms with E-state index in [1.54, 1.807) is 18.2 Å². The van der Waals surface area contributed by atoms with Crippen LogP contribution in [0.15, 0.2) is 48.5 Å². The van der Waals surface area contributed by atoms with Crippen molar-refractivity contribution in [1.29, 1.82) is 0 Å². The average Bonchev–Trinajstić information content (AvgIpc) is 2.84. The fraction of sp³-hybridized carbons (Fsp3) is 0.118. The van der Waals surface area contributed by atoms with E-state index in [2.05, 4.69) is 0 Å². The van der Waals surface area contributed by atoms with Crippen molar-refractivity contribution >= 4 is 11.5 Å². The standard InChI is InChI=1S/C17H14O4/c1-21-16-12(7-4-8-13(16)17(19)20)14-9-15(18)11-6-3-2-5-10(11)14/h2-9,15,18H,1H3,(H,19,20). The molecule has 0 heterocycles. The Bertz CT molecular complexity index is 746. The van der Waals surface area contributed by atoms with Gasteiger partial charge in [-0.3, -0.25) is 0 Å². The third-order valence-electron chi connectivity index (χ3n) is 3.63. The molecule has 106 valence electrons. The number of carbonyl (C=O) groups is 1. The summed E-state index contributed by atoms with van der Waals surface area (Å²) in [7, 11) is 1.45. The van der Waals surface area contributed by atoms with E-state index in [0.29, 0.717) is 11.3 Å². The van der Waals surface area contributed by atoms with Gasteiger partial charge >= 0.3 is 5.97 Å². The van der Waals surface area contributed by atoms with Crippen LogP contribution in [-0.2, 0) is 0 Å². The molecular formula is C17H14O4. The summed E-state index contributed by atoms with van der Waals surface area (Å²) in [6, 6.07) is 12.5. The van der Waals surface area contributed by atoms with Crippen LogP contribution in [0.4, 0.5) is 0 Å². The fourth-order valence-corrected chi connectivity index (χ4v) is 2.71. The minimum atomic E-state index is -1.04. The highest BCUT2D eigenvalue weighted by molar-refractivity contribution is 5.96. The molecule has 3 rings (SSSR count). The normalized spacial score (nSPS) is 16.3. The third-order valence-corrected chi connectivity index (χ3v) is 3.63. The molecule has 2 N–H and O–H groups in total. The zero-order valence-electron chi connectivity index (χ0n) is 11.4. The first-order valence-electron chi connectivity index (χ1n) is 6.53. The molecule has 2 aromatic carbocycles. The molecule has 0 aromatic heterocycles. The first kappa shape index (κ1) is 13.4. The summed E-state index contributed by atoms with van der Waals surface area (Å²) < 4.78 is 5.30. The van der Waals surface area contributed by atoms with E-state index >= 15 is 0 Å². The van der Waals surface area contributed by atoms with Crippen molar-refractivity contribution in [2.75, 3.05) is 7.11 Å². The minimum absolute atomic E-state index is 0.106. The van der Waals surface area contributed by atoms with E-state index in [1.165, 1.54) is 13.2 Å². The minimum Gasteiger partial charge on any atom is -0.495 e. The highest BCUT2D eigenvalue weighted by Crippen LogP contribution is 2.42. The van der Waals surface area contributed by atoms with Gasteiger partial charge in [-0.15, -0.1) is 0 Å². The number of aliphatic hydroxyl groups excluding tert-OH is 1. The van der Waals surface area contributed by atoms with Gasteiger partial charge in [-0.05, 0) is 28.8 Å². The van der Waals surface area contributed by atoms with Gasteiger partial charge in [-0.2, -0.15) is 0 Å². The lowest BCUT2D eigenvalue weighted by atomic mass is 9.96. The summed E-state index contributed by atoms with van der Waals surface area (Å²) in [6.07, 6.45) is 1.03. The van der Waals surface area contributed by atoms with Crippen molar-refractivity contribution in [3.05, 3.63) is 70.8 Å². The van der Waals surface area contributed by atoms with Gasteiger partial charge in [0, 0.05) is 5.56 Å². The molecule has 4 nitrogen and oxygen atoms in total. The number of ether oxygens (including phenoxy) is 1. The number of carboxylic acid groups (broad SMARTS) is 1. The Hall–Kier alpha value is -2.59. The lowest BCUT2D eigenvalue weighted by Crippen LogP contribution is -2.03. The van der Waals surface area contributed by atoms with Crippen molar-refractivity contribution in [2.24, 2.45) is 0 Å². The first-order valence-corrected chi connectivity index (χ1v) is 6.53. The Morgan fingerprint density at radius 2 is 1.81 bits per heavy atom. The van der Waals surface area contributed by atoms with Crippen LogP contribution in [0.5, 0.6) is 5.75 Å². The number of carboxylic acids is 1. The predicted octanol–water partition coefficient (Wildman–Crippen LogP) is 2.87. The van der Waals surface area contributed by atoms with Crippen molar-refractivity contribution < 1.29 is 19.7 Å². The molecule has 0 saturated heterocycles. The van der Waals surface area contributed by atoms with E-state index in [9.17, 15) is 15.0 Å². The summed E-state index contributed by atoms with van der Waals surface area (Å²) in [6.45, 7) is 0. The maximum Gasteiger partial charge on any atom is 0.339 e. The van der Waals surface area contributed by atoms with E-state index in [0.717, 1.165) is 16.7 Å². The van der Waals surface area contributed by atoms with Gasteiger partial charge in [-0.25, -0.2) is 4.79 Å². The number of hydrogen-bond acceptors (Lipinski definition) is 3. The van der Waals surface area contributed by atoms with E-state index in [4.69, 9.17) is 4.74 Å². The lowest BCUT2D eigenvalue weighted by Gasteiger charge is -2.13. The van der Waals surface area contributed by atoms with E-state index in [1.807, 2.05) is 24.3 Å². The number of fused-ring (bicyclic) bond motifs is 1. The fourth-order valence-electron chi connectivity index (χ4n) is 2.71. The Labute approximate surface area is 121 Å². The molecule has 0 amide bonds. The van der Waals surface area contributed by atoms with Crippen molar-refractivity contribution in [1.82, 2.24) is 0 Å². The molecule has 0 spiro atoms. The van der Waals surface area contributed by atoms with Gasteiger partial charge in [0.1, 0.15) is 11.3 Å². The smallest absolute Gasteiger partial charge is 0.339 e. The second kappa shape index (κ2) is 5.07. The quantitative estimate of drug-likeness (QED) is 0.908. The molecule has 0 radical (unpaired) electrons. The van der Waals surface area contributed by atoms with Crippen LogP contribution in [0.1, 0.15) is 33.2 Å². The Morgan fingerprint density at radius 1 is 1.10 bits per heavy atom. The molecule has 1 atom stereocenters. The summed E-state index contributed by atoms with van der Waals surface area (Å²) in [4.78, 5) is 11.3. The Balaban J connectivity index is 2.21. The number of hydrogen-bond donors (Lipinski definition) is 2. The van der Waals surface area contributed by atoms with Gasteiger partial charge in [0.15, 0.2) is 0 Å². The molecule has 0 bridgehead atoms. The molecule has 1 unspecified atom stereocenters. The van der Waals surface area contributed by atoms with Crippen LogP contribution >= 0.6 is 0 Å². The number of para-hydroxylation sites is 1. The lowest BCUT2D eigenvalue weighted by molar-refractivity contribution is 0.0693. The highest BCUT2D eigenvalue weighted by Gasteiger charge is 2.25.